The van der Waals surface area contributed by atoms with Crippen molar-refractivity contribution in [3.63, 3.8) is 0 Å². The first-order valence-electron chi connectivity index (χ1n) is 24.6. The molecule has 0 unspecified atom stereocenters. The van der Waals surface area contributed by atoms with E-state index in [0.717, 1.165) is 0 Å². The van der Waals surface area contributed by atoms with E-state index in [0.29, 0.717) is 88.0 Å². The molecule has 0 aliphatic carbocycles. The maximum absolute atomic E-state index is 11.6. The number of fused-ring (bicyclic) bond motifs is 3. The lowest BCUT2D eigenvalue weighted by molar-refractivity contribution is 0.310. The third kappa shape index (κ3) is 22.1. The second kappa shape index (κ2) is 31.8. The largest absolute Gasteiger partial charge is 0.493 e. The molecule has 2 heterocycles. The van der Waals surface area contributed by atoms with Gasteiger partial charge in [-0.1, -0.05) is 23.7 Å². The third-order valence-corrected chi connectivity index (χ3v) is 16.4. The van der Waals surface area contributed by atoms with E-state index in [2.05, 4.69) is 52.0 Å². The Morgan fingerprint density at radius 3 is 1.53 bits per heavy atom. The number of rotatable bonds is 24. The van der Waals surface area contributed by atoms with Crippen LogP contribution in [0, 0.1) is 39.0 Å². The van der Waals surface area contributed by atoms with Crippen LogP contribution in [-0.2, 0) is 51.6 Å². The van der Waals surface area contributed by atoms with Gasteiger partial charge < -0.3 is 9.84 Å². The number of aromatic hydroxyl groups is 1. The molecule has 7 rings (SSSR count). The summed E-state index contributed by atoms with van der Waals surface area (Å²) in [7, 11) is -18.9. The molecule has 0 amide bonds. The van der Waals surface area contributed by atoms with Crippen LogP contribution >= 0.6 is 35.1 Å². The lowest BCUT2D eigenvalue weighted by Crippen LogP contribution is -2.06. The second-order valence-corrected chi connectivity index (χ2v) is 26.1. The molecule has 0 saturated carbocycles. The number of unbranched alkanes of at least 4 members (excludes halogenated alkanes) is 1. The van der Waals surface area contributed by atoms with E-state index in [1.54, 1.807) is 106 Å². The van der Waals surface area contributed by atoms with E-state index < -0.39 is 68.8 Å². The van der Waals surface area contributed by atoms with E-state index in [1.165, 1.54) is 27.9 Å². The fraction of sp³-hybridized carbons (Fsp3) is 0.280. The van der Waals surface area contributed by atoms with Crippen LogP contribution in [0.2, 0.25) is 5.02 Å². The number of halogens is 1. The summed E-state index contributed by atoms with van der Waals surface area (Å²) in [5.41, 5.74) is 6.47. The van der Waals surface area contributed by atoms with Gasteiger partial charge in [0.1, 0.15) is 23.1 Å². The van der Waals surface area contributed by atoms with Gasteiger partial charge in [0.05, 0.1) is 69.0 Å². The summed E-state index contributed by atoms with van der Waals surface area (Å²) in [6.07, 6.45) is 0.536. The predicted molar refractivity (Wildman–Crippen MR) is 320 cm³/mol. The lowest BCUT2D eigenvalue weighted by Gasteiger charge is -2.12. The molecule has 7 aromatic rings. The highest BCUT2D eigenvalue weighted by Crippen LogP contribution is 2.44. The van der Waals surface area contributed by atoms with Crippen LogP contribution in [0.15, 0.2) is 136 Å². The fourth-order valence-electron chi connectivity index (χ4n) is 7.47. The molecule has 4 N–H and O–H groups in total. The molecule has 456 valence electrons. The summed E-state index contributed by atoms with van der Waals surface area (Å²) in [5, 5.41) is 58.3. The van der Waals surface area contributed by atoms with E-state index in [9.17, 15) is 49.3 Å². The normalized spacial score (nSPS) is 12.0. The van der Waals surface area contributed by atoms with Crippen molar-refractivity contribution in [1.29, 1.82) is 5.26 Å². The maximum Gasteiger partial charge on any atom is 0.425 e. The highest BCUT2D eigenvalue weighted by atomic mass is 35.5. The van der Waals surface area contributed by atoms with Gasteiger partial charge in [0.15, 0.2) is 11.3 Å². The number of hydrogen-bond acceptors (Lipinski definition) is 26. The number of benzene rings is 5. The van der Waals surface area contributed by atoms with Crippen LogP contribution in [-0.4, -0.2) is 114 Å². The minimum atomic E-state index is -4.25. The molecule has 86 heavy (non-hydrogen) atoms. The van der Waals surface area contributed by atoms with Crippen LogP contribution in [0.4, 0.5) is 45.5 Å². The van der Waals surface area contributed by atoms with E-state index >= 15 is 0 Å². The molecule has 2 aromatic heterocycles. The van der Waals surface area contributed by atoms with Gasteiger partial charge >= 0.3 is 21.2 Å². The summed E-state index contributed by atoms with van der Waals surface area (Å²) >= 11 is 8.56. The Morgan fingerprint density at radius 2 is 1.03 bits per heavy atom. The van der Waals surface area contributed by atoms with Gasteiger partial charge in [0.2, 0.25) is 5.88 Å². The summed E-state index contributed by atoms with van der Waals surface area (Å²) in [6, 6.07) is 26.1. The van der Waals surface area contributed by atoms with Crippen molar-refractivity contribution in [3.05, 3.63) is 118 Å². The highest BCUT2D eigenvalue weighted by molar-refractivity contribution is 7.99. The Labute approximate surface area is 509 Å². The number of hydrogen-bond donors (Lipinski definition) is 4. The van der Waals surface area contributed by atoms with Crippen LogP contribution in [0.3, 0.4) is 0 Å². The van der Waals surface area contributed by atoms with Gasteiger partial charge in [-0.2, -0.15) is 51.0 Å². The molecule has 0 aliphatic rings. The summed E-state index contributed by atoms with van der Waals surface area (Å²) in [6.45, 7) is 6.94. The second-order valence-electron chi connectivity index (χ2n) is 17.9. The molecule has 0 atom stereocenters. The van der Waals surface area contributed by atoms with E-state index in [4.69, 9.17) is 41.6 Å². The quantitative estimate of drug-likeness (QED) is 0.0189. The molecule has 28 nitrogen and oxygen atoms in total. The number of aromatic nitrogens is 2. The zero-order valence-corrected chi connectivity index (χ0v) is 51.9. The standard InChI is InChI=1S/C50H50ClN11O11S5.2O3S/c1-30-23-41(58-61-48-33(4)36(29-52)49-53-37-11-5-6-12-44(37)62(49)50(48)63)45(73-17-7-8-20-76(64,65)66)26-38(30)56-59-42-25-32(3)40(28-47(42)75-19-10-22-78(70,71)72)57-60-43-24-31(2)39(55-54-35-15-13-34(51)14-16-35)27-46(43)74-18-9-21-77(67,68)69;2*1-4(2)3/h5-6,11-16,23-28,63H,7-10,17-22H2,1-4H3,(H,64,65,66)(H,67,68,69)(H,70,71,72);;. The maximum atomic E-state index is 11.6. The zero-order valence-electron chi connectivity index (χ0n) is 45.4. The third-order valence-electron chi connectivity index (χ3n) is 11.4. The van der Waals surface area contributed by atoms with Gasteiger partial charge in [-0.05, 0) is 148 Å². The minimum absolute atomic E-state index is 0.00251. The minimum Gasteiger partial charge on any atom is -0.493 e. The van der Waals surface area contributed by atoms with Crippen LogP contribution < -0.4 is 4.74 Å². The van der Waals surface area contributed by atoms with Crippen molar-refractivity contribution >= 4 is 149 Å². The summed E-state index contributed by atoms with van der Waals surface area (Å²) < 4.78 is 155. The topological polar surface area (TPSA) is 435 Å². The number of pyridine rings is 1. The number of nitrogens with zero attached hydrogens (tertiary/aromatic N) is 11. The van der Waals surface area contributed by atoms with Gasteiger partial charge in [-0.25, -0.2) is 4.98 Å². The Kier molecular flexibility index (Phi) is 25.6. The van der Waals surface area contributed by atoms with Crippen molar-refractivity contribution in [2.24, 2.45) is 40.9 Å². The van der Waals surface area contributed by atoms with Crippen LogP contribution in [0.5, 0.6) is 11.6 Å². The molecule has 0 spiro atoms. The van der Waals surface area contributed by atoms with Crippen LogP contribution in [0.25, 0.3) is 16.7 Å². The monoisotopic (exact) mass is 1340 g/mol. The first-order valence-corrected chi connectivity index (χ1v) is 33.8. The van der Waals surface area contributed by atoms with Gasteiger partial charge in [-0.3, -0.25) is 18.1 Å². The molecule has 36 heteroatoms. The summed E-state index contributed by atoms with van der Waals surface area (Å²) in [4.78, 5) is 5.67. The smallest absolute Gasteiger partial charge is 0.425 e. The number of azo groups is 4. The molecule has 0 fully saturated rings. The first-order chi connectivity index (χ1) is 40.4. The molecule has 0 saturated heterocycles. The molecule has 0 bridgehead atoms. The number of ether oxygens (including phenoxy) is 1. The average molecular weight is 1340 g/mol. The fourth-order valence-corrected chi connectivity index (χ4v) is 11.4. The van der Waals surface area contributed by atoms with Gasteiger partial charge in [0, 0.05) is 26.4 Å². The van der Waals surface area contributed by atoms with E-state index in [-0.39, 0.29) is 72.3 Å². The Morgan fingerprint density at radius 1 is 0.593 bits per heavy atom. The molecule has 0 aliphatic heterocycles. The lowest BCUT2D eigenvalue weighted by atomic mass is 10.1. The number of imidazole rings is 1. The van der Waals surface area contributed by atoms with E-state index in [1.807, 2.05) is 6.92 Å². The van der Waals surface area contributed by atoms with Crippen molar-refractivity contribution < 1.29 is 74.0 Å². The Bertz CT molecular complexity index is 4390. The summed E-state index contributed by atoms with van der Waals surface area (Å²) in [5.74, 6) is -1.02. The molecular formula is C50H50ClN11O17S7. The zero-order chi connectivity index (χ0) is 63.5. The molecule has 0 radical (unpaired) electrons. The van der Waals surface area contributed by atoms with Crippen LogP contribution in [0.1, 0.15) is 53.5 Å². The predicted octanol–water partition coefficient (Wildman–Crippen LogP) is 12.4. The van der Waals surface area contributed by atoms with Crippen molar-refractivity contribution in [2.45, 2.75) is 63.2 Å². The van der Waals surface area contributed by atoms with Gasteiger partial charge in [0.25, 0.3) is 30.4 Å². The number of thioether (sulfide) groups is 2. The molecule has 5 aromatic carbocycles. The van der Waals surface area contributed by atoms with Crippen molar-refractivity contribution in [2.75, 3.05) is 35.4 Å². The SMILES string of the molecule is Cc1cc(N=Nc2cc(SCCCS(=O)(=O)O)c(N=Nc3cc(OCCCCS(=O)(=O)O)c(N=Nc4c(C)c(C#N)c5nc6ccccc6n5c4O)cc3C)cc2C)c(SCCCS(=O)(=O)O)cc1N=Nc1ccc(Cl)cc1.O=S(=O)=O.O=S(=O)=O. The number of aryl methyl sites for hydroxylation is 3. The van der Waals surface area contributed by atoms with Crippen molar-refractivity contribution in [3.8, 4) is 17.7 Å². The molecular weight excluding hydrogens is 1290 g/mol. The van der Waals surface area contributed by atoms with Crippen molar-refractivity contribution in [1.82, 2.24) is 9.38 Å². The Hall–Kier alpha value is -7.50. The highest BCUT2D eigenvalue weighted by Gasteiger charge is 2.22. The number of para-hydroxylation sites is 2. The average Bonchev–Trinajstić information content (AvgIpc) is 1.62. The first kappa shape index (κ1) is 69.3. The number of nitriles is 1. The Balaban J connectivity index is 0.00000159. The van der Waals surface area contributed by atoms with Gasteiger partial charge in [-0.15, -0.1) is 69.2 Å².